The summed E-state index contributed by atoms with van der Waals surface area (Å²) in [6.07, 6.45) is 0.590. The van der Waals surface area contributed by atoms with E-state index in [1.165, 1.54) is 22.5 Å². The van der Waals surface area contributed by atoms with Gasteiger partial charge in [-0.2, -0.15) is 0 Å². The molecule has 1 aliphatic heterocycles. The quantitative estimate of drug-likeness (QED) is 0.716. The third-order valence-corrected chi connectivity index (χ3v) is 6.43. The van der Waals surface area contributed by atoms with Crippen molar-refractivity contribution in [2.75, 3.05) is 21.9 Å². The first-order chi connectivity index (χ1) is 11.4. The van der Waals surface area contributed by atoms with Crippen LogP contribution in [0.2, 0.25) is 0 Å². The first kappa shape index (κ1) is 17.2. The number of nitrogens with one attached hydrogen (secondary N) is 1. The third-order valence-electron chi connectivity index (χ3n) is 3.67. The number of sulfonamides is 1. The van der Waals surface area contributed by atoms with Crippen molar-refractivity contribution in [2.24, 2.45) is 0 Å². The predicted molar refractivity (Wildman–Crippen MR) is 99.3 cm³/mol. The highest BCUT2D eigenvalue weighted by Gasteiger charge is 2.28. The van der Waals surface area contributed by atoms with Crippen LogP contribution in [0.4, 0.5) is 15.8 Å². The summed E-state index contributed by atoms with van der Waals surface area (Å²) >= 11 is 1.90. The molecule has 0 saturated carbocycles. The predicted octanol–water partition coefficient (Wildman–Crippen LogP) is 3.22. The molecule has 0 spiro atoms. The Labute approximate surface area is 153 Å². The van der Waals surface area contributed by atoms with Gasteiger partial charge in [-0.25, -0.2) is 12.8 Å². The van der Waals surface area contributed by atoms with E-state index in [4.69, 9.17) is 0 Å². The zero-order valence-corrected chi connectivity index (χ0v) is 15.5. The molecule has 1 fully saturated rings. The Morgan fingerprint density at radius 2 is 2.00 bits per heavy atom. The van der Waals surface area contributed by atoms with Gasteiger partial charge in [-0.1, -0.05) is 6.07 Å². The molecular weight excluding hydrogens is 446 g/mol. The van der Waals surface area contributed by atoms with Crippen molar-refractivity contribution in [2.45, 2.75) is 6.42 Å². The van der Waals surface area contributed by atoms with Crippen molar-refractivity contribution < 1.29 is 17.6 Å². The molecule has 5 nitrogen and oxygen atoms in total. The molecule has 1 saturated heterocycles. The minimum absolute atomic E-state index is 0.136. The minimum Gasteiger partial charge on any atom is -0.322 e. The van der Waals surface area contributed by atoms with E-state index in [1.54, 1.807) is 24.3 Å². The van der Waals surface area contributed by atoms with Gasteiger partial charge in [-0.05, 0) is 65.4 Å². The molecule has 2 aromatic rings. The van der Waals surface area contributed by atoms with Crippen LogP contribution in [0.25, 0.3) is 0 Å². The molecular formula is C16H14FIN2O3S. The Kier molecular flexibility index (Phi) is 4.77. The zero-order chi connectivity index (χ0) is 17.3. The summed E-state index contributed by atoms with van der Waals surface area (Å²) in [6.45, 7) is 0.440. The molecule has 1 aliphatic rings. The molecule has 0 bridgehead atoms. The van der Waals surface area contributed by atoms with Crippen molar-refractivity contribution in [3.8, 4) is 0 Å². The number of benzene rings is 2. The summed E-state index contributed by atoms with van der Waals surface area (Å²) in [5.74, 6) is -0.643. The maximum Gasteiger partial charge on any atom is 0.256 e. The molecule has 0 radical (unpaired) electrons. The molecule has 24 heavy (non-hydrogen) atoms. The fourth-order valence-corrected chi connectivity index (χ4v) is 4.82. The van der Waals surface area contributed by atoms with E-state index in [2.05, 4.69) is 5.32 Å². The topological polar surface area (TPSA) is 66.5 Å². The monoisotopic (exact) mass is 460 g/mol. The fourth-order valence-electron chi connectivity index (χ4n) is 2.54. The molecule has 2 aromatic carbocycles. The largest absolute Gasteiger partial charge is 0.322 e. The van der Waals surface area contributed by atoms with Crippen molar-refractivity contribution >= 4 is 49.9 Å². The number of anilines is 2. The summed E-state index contributed by atoms with van der Waals surface area (Å²) in [5, 5.41) is 2.72. The number of carbonyl (C=O) groups is 1. The molecule has 3 rings (SSSR count). The van der Waals surface area contributed by atoms with E-state index >= 15 is 0 Å². The van der Waals surface area contributed by atoms with E-state index in [0.29, 0.717) is 33.5 Å². The second-order valence-electron chi connectivity index (χ2n) is 5.37. The first-order valence-corrected chi connectivity index (χ1v) is 9.92. The van der Waals surface area contributed by atoms with Crippen LogP contribution >= 0.6 is 22.6 Å². The lowest BCUT2D eigenvalue weighted by molar-refractivity contribution is 0.102. The number of carbonyl (C=O) groups excluding carboxylic acids is 1. The van der Waals surface area contributed by atoms with Crippen LogP contribution in [0.1, 0.15) is 16.8 Å². The average molecular weight is 460 g/mol. The third kappa shape index (κ3) is 3.54. The zero-order valence-electron chi connectivity index (χ0n) is 12.5. The van der Waals surface area contributed by atoms with Crippen LogP contribution in [0.15, 0.2) is 42.5 Å². The summed E-state index contributed by atoms with van der Waals surface area (Å²) in [4.78, 5) is 12.3. The van der Waals surface area contributed by atoms with Crippen LogP contribution < -0.4 is 9.62 Å². The molecule has 0 aromatic heterocycles. The van der Waals surface area contributed by atoms with Gasteiger partial charge in [-0.15, -0.1) is 0 Å². The highest BCUT2D eigenvalue weighted by molar-refractivity contribution is 14.1. The van der Waals surface area contributed by atoms with Crippen LogP contribution in [0.3, 0.4) is 0 Å². The summed E-state index contributed by atoms with van der Waals surface area (Å²) in [5.41, 5.74) is 1.37. The average Bonchev–Trinajstić information content (AvgIpc) is 2.86. The Balaban J connectivity index is 1.83. The molecule has 1 amide bonds. The second-order valence-corrected chi connectivity index (χ2v) is 8.55. The number of amides is 1. The van der Waals surface area contributed by atoms with Gasteiger partial charge in [0.05, 0.1) is 17.0 Å². The highest BCUT2D eigenvalue weighted by atomic mass is 127. The highest BCUT2D eigenvalue weighted by Crippen LogP contribution is 2.27. The smallest absolute Gasteiger partial charge is 0.256 e. The molecule has 1 N–H and O–H groups in total. The Bertz CT molecular complexity index is 902. The first-order valence-electron chi connectivity index (χ1n) is 7.24. The van der Waals surface area contributed by atoms with Crippen LogP contribution in [0.5, 0.6) is 0 Å². The van der Waals surface area contributed by atoms with Gasteiger partial charge in [0.1, 0.15) is 5.82 Å². The standard InChI is InChI=1S/C16H14FIN2O3S/c17-11-5-6-14(15(18)9-11)16(21)19-12-3-1-4-13(10-12)20-7-2-8-24(20,22)23/h1,3-6,9-10H,2,7-8H2,(H,19,21). The molecule has 0 atom stereocenters. The van der Waals surface area contributed by atoms with E-state index in [1.807, 2.05) is 22.6 Å². The molecule has 0 unspecified atom stereocenters. The molecule has 1 heterocycles. The van der Waals surface area contributed by atoms with Crippen molar-refractivity contribution in [1.29, 1.82) is 0 Å². The number of hydrogen-bond donors (Lipinski definition) is 1. The lowest BCUT2D eigenvalue weighted by Crippen LogP contribution is -2.25. The molecule has 0 aliphatic carbocycles. The number of rotatable bonds is 3. The number of hydrogen-bond acceptors (Lipinski definition) is 3. The number of nitrogens with zero attached hydrogens (tertiary/aromatic N) is 1. The summed E-state index contributed by atoms with van der Waals surface area (Å²) in [6, 6.07) is 10.6. The van der Waals surface area contributed by atoms with Crippen LogP contribution in [0, 0.1) is 9.39 Å². The SMILES string of the molecule is O=C(Nc1cccc(N2CCCS2(=O)=O)c1)c1ccc(F)cc1I. The van der Waals surface area contributed by atoms with E-state index in [0.717, 1.165) is 0 Å². The Morgan fingerprint density at radius 1 is 1.21 bits per heavy atom. The summed E-state index contributed by atoms with van der Waals surface area (Å²) in [7, 11) is -3.27. The van der Waals surface area contributed by atoms with Gasteiger partial charge >= 0.3 is 0 Å². The van der Waals surface area contributed by atoms with Gasteiger partial charge in [0.15, 0.2) is 0 Å². The van der Waals surface area contributed by atoms with Gasteiger partial charge in [-0.3, -0.25) is 9.10 Å². The second kappa shape index (κ2) is 6.67. The lowest BCUT2D eigenvalue weighted by atomic mass is 10.2. The van der Waals surface area contributed by atoms with Gasteiger partial charge in [0.25, 0.3) is 5.91 Å². The normalized spacial score (nSPS) is 16.2. The van der Waals surface area contributed by atoms with Crippen LogP contribution in [-0.2, 0) is 10.0 Å². The molecule has 126 valence electrons. The van der Waals surface area contributed by atoms with E-state index in [-0.39, 0.29) is 11.7 Å². The van der Waals surface area contributed by atoms with Crippen molar-refractivity contribution in [3.05, 3.63) is 57.4 Å². The summed E-state index contributed by atoms with van der Waals surface area (Å²) < 4.78 is 39.0. The van der Waals surface area contributed by atoms with Gasteiger partial charge in [0, 0.05) is 15.8 Å². The number of halogens is 2. The molecule has 8 heteroatoms. The minimum atomic E-state index is -3.27. The fraction of sp³-hybridized carbons (Fsp3) is 0.188. The Morgan fingerprint density at radius 3 is 2.67 bits per heavy atom. The van der Waals surface area contributed by atoms with Gasteiger partial charge < -0.3 is 5.32 Å². The maximum atomic E-state index is 13.1. The van der Waals surface area contributed by atoms with Crippen LogP contribution in [-0.4, -0.2) is 26.6 Å². The Hall–Kier alpha value is -1.68. The van der Waals surface area contributed by atoms with Crippen molar-refractivity contribution in [3.63, 3.8) is 0 Å². The van der Waals surface area contributed by atoms with E-state index in [9.17, 15) is 17.6 Å². The van der Waals surface area contributed by atoms with Gasteiger partial charge in [0.2, 0.25) is 10.0 Å². The maximum absolute atomic E-state index is 13.1. The lowest BCUT2D eigenvalue weighted by Gasteiger charge is -2.18. The van der Waals surface area contributed by atoms with Crippen molar-refractivity contribution in [1.82, 2.24) is 0 Å². The van der Waals surface area contributed by atoms with E-state index < -0.39 is 15.8 Å².